The van der Waals surface area contributed by atoms with E-state index in [4.69, 9.17) is 0 Å². The Kier molecular flexibility index (Phi) is 5.75. The summed E-state index contributed by atoms with van der Waals surface area (Å²) in [5.41, 5.74) is 2.92. The minimum absolute atomic E-state index is 0.0233. The molecule has 1 N–H and O–H groups in total. The molecule has 1 aliphatic rings. The number of hydrogen-bond acceptors (Lipinski definition) is 5. The fourth-order valence-corrected chi connectivity index (χ4v) is 4.70. The lowest BCUT2D eigenvalue weighted by Gasteiger charge is -2.22. The number of aryl methyl sites for hydroxylation is 2. The maximum Gasteiger partial charge on any atom is 0.221 e. The van der Waals surface area contributed by atoms with Crippen LogP contribution in [0.3, 0.4) is 0 Å². The predicted molar refractivity (Wildman–Crippen MR) is 89.9 cm³/mol. The molecule has 128 valence electrons. The molecule has 2 heterocycles. The Morgan fingerprint density at radius 2 is 2.00 bits per heavy atom. The first-order valence-corrected chi connectivity index (χ1v) is 9.69. The number of aromatic nitrogens is 1. The minimum atomic E-state index is -2.88. The molecule has 1 aliphatic heterocycles. The Hall–Kier alpha value is -1.47. The highest BCUT2D eigenvalue weighted by atomic mass is 32.2. The van der Waals surface area contributed by atoms with Crippen LogP contribution in [-0.4, -0.2) is 55.3 Å². The van der Waals surface area contributed by atoms with Crippen LogP contribution >= 0.6 is 0 Å². The predicted octanol–water partition coefficient (Wildman–Crippen LogP) is 0.824. The van der Waals surface area contributed by atoms with E-state index in [0.717, 1.165) is 17.0 Å². The molecule has 0 aliphatic carbocycles. The van der Waals surface area contributed by atoms with Gasteiger partial charge < -0.3 is 10.2 Å². The molecule has 7 heteroatoms. The molecule has 0 saturated carbocycles. The summed E-state index contributed by atoms with van der Waals surface area (Å²) >= 11 is 0. The number of carbonyl (C=O) groups is 1. The van der Waals surface area contributed by atoms with Crippen LogP contribution < -0.4 is 5.32 Å². The Morgan fingerprint density at radius 1 is 1.35 bits per heavy atom. The molecule has 1 aromatic rings. The van der Waals surface area contributed by atoms with Gasteiger partial charge >= 0.3 is 0 Å². The number of rotatable bonds is 6. The lowest BCUT2D eigenvalue weighted by atomic mass is 10.2. The third-order valence-corrected chi connectivity index (χ3v) is 5.90. The van der Waals surface area contributed by atoms with Gasteiger partial charge in [-0.3, -0.25) is 9.78 Å². The standard InChI is InChI=1S/C16H25N3O3S/c1-12-8-14(9-13(2)18-12)10-17-16(20)4-6-19(3)15-5-7-23(21,22)11-15/h8-9,15H,4-7,10-11H2,1-3H3,(H,17,20)/t15-/m0/s1. The molecule has 1 fully saturated rings. The van der Waals surface area contributed by atoms with Gasteiger partial charge in [0, 0.05) is 36.9 Å². The van der Waals surface area contributed by atoms with E-state index in [9.17, 15) is 13.2 Å². The zero-order chi connectivity index (χ0) is 17.0. The number of nitrogens with one attached hydrogen (secondary N) is 1. The van der Waals surface area contributed by atoms with Crippen molar-refractivity contribution in [1.29, 1.82) is 0 Å². The van der Waals surface area contributed by atoms with E-state index in [1.54, 1.807) is 0 Å². The number of carbonyl (C=O) groups excluding carboxylic acids is 1. The van der Waals surface area contributed by atoms with Crippen molar-refractivity contribution in [3.05, 3.63) is 29.1 Å². The van der Waals surface area contributed by atoms with Crippen molar-refractivity contribution in [1.82, 2.24) is 15.2 Å². The topological polar surface area (TPSA) is 79.4 Å². The van der Waals surface area contributed by atoms with E-state index >= 15 is 0 Å². The highest BCUT2D eigenvalue weighted by molar-refractivity contribution is 7.91. The van der Waals surface area contributed by atoms with Crippen molar-refractivity contribution in [2.24, 2.45) is 0 Å². The van der Waals surface area contributed by atoms with Crippen LogP contribution in [0, 0.1) is 13.8 Å². The average molecular weight is 339 g/mol. The van der Waals surface area contributed by atoms with Crippen LogP contribution in [0.5, 0.6) is 0 Å². The van der Waals surface area contributed by atoms with Gasteiger partial charge in [0.2, 0.25) is 5.91 Å². The molecule has 6 nitrogen and oxygen atoms in total. The van der Waals surface area contributed by atoms with Crippen LogP contribution in [0.1, 0.15) is 29.8 Å². The minimum Gasteiger partial charge on any atom is -0.352 e. The van der Waals surface area contributed by atoms with Crippen molar-refractivity contribution in [3.8, 4) is 0 Å². The summed E-state index contributed by atoms with van der Waals surface area (Å²) in [4.78, 5) is 18.2. The lowest BCUT2D eigenvalue weighted by Crippen LogP contribution is -2.36. The Bertz CT molecular complexity index is 653. The lowest BCUT2D eigenvalue weighted by molar-refractivity contribution is -0.121. The number of amides is 1. The molecule has 0 bridgehead atoms. The molecule has 1 saturated heterocycles. The molecular formula is C16H25N3O3S. The third-order valence-electron chi connectivity index (χ3n) is 4.15. The Balaban J connectivity index is 1.75. The second kappa shape index (κ2) is 7.40. The molecule has 1 amide bonds. The normalized spacial score (nSPS) is 19.9. The van der Waals surface area contributed by atoms with Crippen LogP contribution in [-0.2, 0) is 21.2 Å². The highest BCUT2D eigenvalue weighted by Crippen LogP contribution is 2.16. The second-order valence-electron chi connectivity index (χ2n) is 6.32. The van der Waals surface area contributed by atoms with Crippen molar-refractivity contribution in [3.63, 3.8) is 0 Å². The third kappa shape index (κ3) is 5.58. The Labute approximate surface area is 138 Å². The van der Waals surface area contributed by atoms with Gasteiger partial charge in [-0.1, -0.05) is 0 Å². The van der Waals surface area contributed by atoms with E-state index < -0.39 is 9.84 Å². The van der Waals surface area contributed by atoms with E-state index in [0.29, 0.717) is 25.9 Å². The molecule has 0 unspecified atom stereocenters. The van der Waals surface area contributed by atoms with E-state index in [1.807, 2.05) is 37.9 Å². The van der Waals surface area contributed by atoms with Crippen molar-refractivity contribution in [2.45, 2.75) is 39.3 Å². The van der Waals surface area contributed by atoms with Gasteiger partial charge in [0.05, 0.1) is 11.5 Å². The zero-order valence-corrected chi connectivity index (χ0v) is 14.8. The number of hydrogen-bond donors (Lipinski definition) is 1. The van der Waals surface area contributed by atoms with Gasteiger partial charge in [0.1, 0.15) is 0 Å². The largest absolute Gasteiger partial charge is 0.352 e. The number of nitrogens with zero attached hydrogens (tertiary/aromatic N) is 2. The molecule has 0 aromatic carbocycles. The summed E-state index contributed by atoms with van der Waals surface area (Å²) < 4.78 is 23.0. The summed E-state index contributed by atoms with van der Waals surface area (Å²) in [5.74, 6) is 0.445. The molecule has 0 radical (unpaired) electrons. The fourth-order valence-electron chi connectivity index (χ4n) is 2.90. The first-order valence-electron chi connectivity index (χ1n) is 7.87. The van der Waals surface area contributed by atoms with Crippen LogP contribution in [0.4, 0.5) is 0 Å². The van der Waals surface area contributed by atoms with Gasteiger partial charge in [0.15, 0.2) is 9.84 Å². The summed E-state index contributed by atoms with van der Waals surface area (Å²) in [6, 6.07) is 3.96. The molecular weight excluding hydrogens is 314 g/mol. The molecule has 0 spiro atoms. The number of sulfone groups is 1. The molecule has 23 heavy (non-hydrogen) atoms. The quantitative estimate of drug-likeness (QED) is 0.830. The number of pyridine rings is 1. The monoisotopic (exact) mass is 339 g/mol. The van der Waals surface area contributed by atoms with Gasteiger partial charge in [-0.05, 0) is 45.0 Å². The molecule has 1 atom stereocenters. The second-order valence-corrected chi connectivity index (χ2v) is 8.55. The van der Waals surface area contributed by atoms with Crippen LogP contribution in [0.25, 0.3) is 0 Å². The highest BCUT2D eigenvalue weighted by Gasteiger charge is 2.30. The fraction of sp³-hybridized carbons (Fsp3) is 0.625. The SMILES string of the molecule is Cc1cc(CNC(=O)CCN(C)[C@H]2CCS(=O)(=O)C2)cc(C)n1. The smallest absolute Gasteiger partial charge is 0.221 e. The summed E-state index contributed by atoms with van der Waals surface area (Å²) in [6.45, 7) is 4.93. The van der Waals surface area contributed by atoms with Crippen LogP contribution in [0.2, 0.25) is 0 Å². The van der Waals surface area contributed by atoms with Gasteiger partial charge in [-0.15, -0.1) is 0 Å². The Morgan fingerprint density at radius 3 is 2.57 bits per heavy atom. The van der Waals surface area contributed by atoms with E-state index in [1.165, 1.54) is 0 Å². The zero-order valence-electron chi connectivity index (χ0n) is 14.0. The van der Waals surface area contributed by atoms with Gasteiger partial charge in [-0.2, -0.15) is 0 Å². The van der Waals surface area contributed by atoms with Crippen molar-refractivity contribution in [2.75, 3.05) is 25.1 Å². The van der Waals surface area contributed by atoms with Crippen LogP contribution in [0.15, 0.2) is 12.1 Å². The maximum atomic E-state index is 12.0. The van der Waals surface area contributed by atoms with Gasteiger partial charge in [0.25, 0.3) is 0 Å². The summed E-state index contributed by atoms with van der Waals surface area (Å²) in [6.07, 6.45) is 1.03. The first-order chi connectivity index (χ1) is 10.7. The molecule has 1 aromatic heterocycles. The van der Waals surface area contributed by atoms with Crippen molar-refractivity contribution < 1.29 is 13.2 Å². The average Bonchev–Trinajstić information content (AvgIpc) is 2.82. The van der Waals surface area contributed by atoms with E-state index in [2.05, 4.69) is 10.3 Å². The van der Waals surface area contributed by atoms with Crippen molar-refractivity contribution >= 4 is 15.7 Å². The van der Waals surface area contributed by atoms with E-state index in [-0.39, 0.29) is 23.5 Å². The maximum absolute atomic E-state index is 12.0. The summed E-state index contributed by atoms with van der Waals surface area (Å²) in [7, 11) is -0.998. The first kappa shape index (κ1) is 17.9. The molecule has 2 rings (SSSR count). The summed E-state index contributed by atoms with van der Waals surface area (Å²) in [5, 5.41) is 2.90. The van der Waals surface area contributed by atoms with Gasteiger partial charge in [-0.25, -0.2) is 8.42 Å².